The monoisotopic (exact) mass is 522 g/mol. The summed E-state index contributed by atoms with van der Waals surface area (Å²) in [7, 11) is -4.34. The summed E-state index contributed by atoms with van der Waals surface area (Å²) >= 11 is 3.28. The highest BCUT2D eigenvalue weighted by Gasteiger charge is 2.28. The molecule has 166 valence electrons. The normalized spacial score (nSPS) is 10.9. The van der Waals surface area contributed by atoms with Gasteiger partial charge in [0.1, 0.15) is 12.4 Å². The lowest BCUT2D eigenvalue weighted by atomic mass is 10.2. The third kappa shape index (κ3) is 5.62. The molecule has 0 aliphatic rings. The van der Waals surface area contributed by atoms with E-state index in [2.05, 4.69) is 21.2 Å². The van der Waals surface area contributed by atoms with E-state index in [9.17, 15) is 22.4 Å². The van der Waals surface area contributed by atoms with Crippen LogP contribution in [0.25, 0.3) is 0 Å². The lowest BCUT2D eigenvalue weighted by molar-refractivity contribution is -0.135. The Balaban J connectivity index is 1.95. The second-order valence-corrected chi connectivity index (χ2v) is 9.03. The molecule has 0 saturated heterocycles. The van der Waals surface area contributed by atoms with Crippen LogP contribution in [0.2, 0.25) is 0 Å². The molecule has 0 atom stereocenters. The number of carbonyl (C=O) groups excluding carboxylic acids is 1. The van der Waals surface area contributed by atoms with Crippen LogP contribution in [-0.2, 0) is 14.8 Å². The zero-order valence-electron chi connectivity index (χ0n) is 16.2. The fourth-order valence-corrected chi connectivity index (χ4v) is 4.06. The smallest absolute Gasteiger partial charge is 0.322 e. The second-order valence-electron chi connectivity index (χ2n) is 6.36. The number of anilines is 1. The van der Waals surface area contributed by atoms with Gasteiger partial charge in [0.05, 0.1) is 10.6 Å². The summed E-state index contributed by atoms with van der Waals surface area (Å²) in [5.41, 5.74) is -0.00692. The van der Waals surface area contributed by atoms with E-state index in [0.29, 0.717) is 4.47 Å². The molecule has 0 aliphatic heterocycles. The first kappa shape index (κ1) is 23.2. The van der Waals surface area contributed by atoms with E-state index in [1.165, 1.54) is 54.6 Å². The van der Waals surface area contributed by atoms with Gasteiger partial charge in [-0.05, 0) is 60.7 Å². The van der Waals surface area contributed by atoms with Crippen molar-refractivity contribution in [1.29, 1.82) is 0 Å². The van der Waals surface area contributed by atoms with E-state index >= 15 is 0 Å². The topological polar surface area (TPSA) is 113 Å². The molecule has 3 aromatic carbocycles. The van der Waals surface area contributed by atoms with Crippen LogP contribution in [0, 0.1) is 5.82 Å². The van der Waals surface area contributed by atoms with Crippen molar-refractivity contribution >= 4 is 43.5 Å². The van der Waals surface area contributed by atoms with Crippen LogP contribution in [0.5, 0.6) is 5.75 Å². The first-order chi connectivity index (χ1) is 15.2. The summed E-state index contributed by atoms with van der Waals surface area (Å²) in [6.07, 6.45) is 0. The Morgan fingerprint density at radius 1 is 1.03 bits per heavy atom. The fraction of sp³-hybridized carbons (Fsp3) is 0.0476. The Hall–Kier alpha value is -3.44. The highest BCUT2D eigenvalue weighted by Crippen LogP contribution is 2.27. The van der Waals surface area contributed by atoms with Crippen LogP contribution < -0.4 is 14.6 Å². The van der Waals surface area contributed by atoms with Crippen molar-refractivity contribution in [2.75, 3.05) is 11.0 Å². The Labute approximate surface area is 191 Å². The van der Waals surface area contributed by atoms with Crippen molar-refractivity contribution < 1.29 is 32.3 Å². The first-order valence-electron chi connectivity index (χ1n) is 9.01. The minimum Gasteiger partial charge on any atom is -0.480 e. The molecule has 3 aromatic rings. The van der Waals surface area contributed by atoms with Gasteiger partial charge in [-0.3, -0.25) is 9.59 Å². The number of sulfonamides is 1. The molecule has 0 radical (unpaired) electrons. The molecular weight excluding hydrogens is 507 g/mol. The van der Waals surface area contributed by atoms with E-state index in [-0.39, 0.29) is 21.9 Å². The highest BCUT2D eigenvalue weighted by molar-refractivity contribution is 9.10. The average molecular weight is 523 g/mol. The van der Waals surface area contributed by atoms with Crippen LogP contribution in [-0.4, -0.2) is 31.9 Å². The van der Waals surface area contributed by atoms with E-state index in [1.54, 1.807) is 12.1 Å². The van der Waals surface area contributed by atoms with Gasteiger partial charge in [-0.15, -0.1) is 0 Å². The maximum atomic E-state index is 13.8. The summed E-state index contributed by atoms with van der Waals surface area (Å²) in [5.74, 6) is -2.36. The van der Waals surface area contributed by atoms with Crippen molar-refractivity contribution in [3.8, 4) is 5.75 Å². The van der Waals surface area contributed by atoms with Gasteiger partial charge in [0.15, 0.2) is 5.75 Å². The predicted octanol–water partition coefficient (Wildman–Crippen LogP) is 3.59. The van der Waals surface area contributed by atoms with Gasteiger partial charge in [0.2, 0.25) is 0 Å². The Morgan fingerprint density at radius 3 is 2.28 bits per heavy atom. The zero-order valence-corrected chi connectivity index (χ0v) is 18.6. The summed E-state index contributed by atoms with van der Waals surface area (Å²) in [6, 6.07) is 16.0. The largest absolute Gasteiger partial charge is 0.480 e. The number of carboxylic acid groups (broad SMARTS) is 1. The number of halogens is 2. The maximum absolute atomic E-state index is 13.8. The number of rotatable bonds is 8. The SMILES string of the molecule is O=C(O)CNC(=O)c1ccc(S(=O)(=O)N(Oc2ccc(Br)cc2)c2cccc(F)c2)cc1. The van der Waals surface area contributed by atoms with Crippen LogP contribution >= 0.6 is 15.9 Å². The number of hydrogen-bond acceptors (Lipinski definition) is 5. The number of nitrogens with zero attached hydrogens (tertiary/aromatic N) is 1. The van der Waals surface area contributed by atoms with Crippen LogP contribution in [0.1, 0.15) is 10.4 Å². The molecule has 32 heavy (non-hydrogen) atoms. The van der Waals surface area contributed by atoms with Crippen molar-refractivity contribution in [2.24, 2.45) is 0 Å². The number of hydrogen-bond donors (Lipinski definition) is 2. The molecule has 0 fully saturated rings. The zero-order chi connectivity index (χ0) is 23.3. The van der Waals surface area contributed by atoms with Crippen LogP contribution in [0.3, 0.4) is 0 Å². The Bertz CT molecular complexity index is 1230. The molecule has 0 unspecified atom stereocenters. The third-order valence-electron chi connectivity index (χ3n) is 4.05. The number of nitrogens with one attached hydrogen (secondary N) is 1. The lowest BCUT2D eigenvalue weighted by Crippen LogP contribution is -2.34. The molecule has 0 heterocycles. The molecule has 0 spiro atoms. The Kier molecular flexibility index (Phi) is 7.11. The maximum Gasteiger partial charge on any atom is 0.322 e. The summed E-state index contributed by atoms with van der Waals surface area (Å²) in [4.78, 5) is 27.9. The van der Waals surface area contributed by atoms with Gasteiger partial charge < -0.3 is 15.3 Å². The molecule has 1 amide bonds. The summed E-state index contributed by atoms with van der Waals surface area (Å²) in [6.45, 7) is -0.576. The van der Waals surface area contributed by atoms with Gasteiger partial charge >= 0.3 is 5.97 Å². The van der Waals surface area contributed by atoms with Crippen molar-refractivity contribution in [3.05, 3.63) is 88.6 Å². The van der Waals surface area contributed by atoms with Gasteiger partial charge in [-0.25, -0.2) is 4.39 Å². The molecular formula is C21H16BrFN2O6S. The standard InChI is InChI=1S/C21H16BrFN2O6S/c22-15-6-8-18(9-7-15)31-25(17-3-1-2-16(23)12-17)32(29,30)19-10-4-14(5-11-19)21(28)24-13-20(26)27/h1-12H,13H2,(H,24,28)(H,26,27). The van der Waals surface area contributed by atoms with Crippen molar-refractivity contribution in [3.63, 3.8) is 0 Å². The molecule has 0 bridgehead atoms. The summed E-state index contributed by atoms with van der Waals surface area (Å²) in [5, 5.41) is 10.8. The van der Waals surface area contributed by atoms with Crippen molar-refractivity contribution in [2.45, 2.75) is 4.90 Å². The first-order valence-corrected chi connectivity index (χ1v) is 11.2. The fourth-order valence-electron chi connectivity index (χ4n) is 2.55. The third-order valence-corrected chi connectivity index (χ3v) is 6.17. The number of carbonyl (C=O) groups is 2. The van der Waals surface area contributed by atoms with Gasteiger partial charge in [0, 0.05) is 16.1 Å². The molecule has 0 saturated carbocycles. The lowest BCUT2D eigenvalue weighted by Gasteiger charge is -2.24. The summed E-state index contributed by atoms with van der Waals surface area (Å²) < 4.78 is 41.8. The minimum absolute atomic E-state index is 0.0660. The molecule has 2 N–H and O–H groups in total. The minimum atomic E-state index is -4.34. The molecule has 0 aromatic heterocycles. The molecule has 11 heteroatoms. The molecule has 8 nitrogen and oxygen atoms in total. The number of amides is 1. The van der Waals surface area contributed by atoms with E-state index in [1.807, 2.05) is 0 Å². The van der Waals surface area contributed by atoms with Gasteiger partial charge in [-0.2, -0.15) is 8.42 Å². The quantitative estimate of drug-likeness (QED) is 0.437. The number of benzene rings is 3. The average Bonchev–Trinajstić information content (AvgIpc) is 2.77. The van der Waals surface area contributed by atoms with E-state index in [0.717, 1.165) is 10.5 Å². The number of carboxylic acids is 1. The predicted molar refractivity (Wildman–Crippen MR) is 117 cm³/mol. The van der Waals surface area contributed by atoms with Gasteiger partial charge in [-0.1, -0.05) is 26.5 Å². The van der Waals surface area contributed by atoms with E-state index < -0.39 is 34.3 Å². The molecule has 0 aliphatic carbocycles. The number of aliphatic carboxylic acids is 1. The Morgan fingerprint density at radius 2 is 1.69 bits per heavy atom. The van der Waals surface area contributed by atoms with Crippen LogP contribution in [0.4, 0.5) is 10.1 Å². The molecule has 3 rings (SSSR count). The van der Waals surface area contributed by atoms with Crippen molar-refractivity contribution in [1.82, 2.24) is 5.32 Å². The second kappa shape index (κ2) is 9.79. The van der Waals surface area contributed by atoms with Crippen LogP contribution in [0.15, 0.2) is 82.2 Å². The van der Waals surface area contributed by atoms with Gasteiger partial charge in [0.25, 0.3) is 15.9 Å². The highest BCUT2D eigenvalue weighted by atomic mass is 79.9. The van der Waals surface area contributed by atoms with E-state index in [4.69, 9.17) is 9.94 Å².